The summed E-state index contributed by atoms with van der Waals surface area (Å²) in [7, 11) is 0. The Bertz CT molecular complexity index is 248. The third kappa shape index (κ3) is 3.21. The Balaban J connectivity index is 1.82. The summed E-state index contributed by atoms with van der Waals surface area (Å²) in [6.45, 7) is 1.63. The van der Waals surface area contributed by atoms with Gasteiger partial charge in [0.15, 0.2) is 0 Å². The Hall–Kier alpha value is -0.550. The second-order valence-electron chi connectivity index (χ2n) is 4.13. The Kier molecular flexibility index (Phi) is 3.64. The monoisotopic (exact) mass is 228 g/mol. The number of nitrogens with one attached hydrogen (secondary N) is 1. The van der Waals surface area contributed by atoms with Crippen LogP contribution in [-0.2, 0) is 9.59 Å². The maximum atomic E-state index is 11.1. The molecule has 5 heteroatoms. The van der Waals surface area contributed by atoms with Gasteiger partial charge >= 0.3 is 0 Å². The van der Waals surface area contributed by atoms with E-state index in [0.29, 0.717) is 18.3 Å². The predicted octanol–water partition coefficient (Wildman–Crippen LogP) is 0.230. The summed E-state index contributed by atoms with van der Waals surface area (Å²) in [5.74, 6) is 0.901. The lowest BCUT2D eigenvalue weighted by Gasteiger charge is -2.30. The first-order valence-electron chi connectivity index (χ1n) is 5.40. The van der Waals surface area contributed by atoms with Gasteiger partial charge in [-0.15, -0.1) is 0 Å². The van der Waals surface area contributed by atoms with Gasteiger partial charge in [0.1, 0.15) is 0 Å². The molecule has 1 unspecified atom stereocenters. The highest BCUT2D eigenvalue weighted by Gasteiger charge is 2.25. The zero-order valence-corrected chi connectivity index (χ0v) is 9.52. The van der Waals surface area contributed by atoms with Gasteiger partial charge in [0.05, 0.1) is 13.1 Å². The van der Waals surface area contributed by atoms with E-state index >= 15 is 0 Å². The van der Waals surface area contributed by atoms with Gasteiger partial charge in [-0.05, 0) is 18.6 Å². The molecule has 0 aromatic rings. The van der Waals surface area contributed by atoms with Crippen molar-refractivity contribution in [2.45, 2.75) is 24.5 Å². The zero-order valence-electron chi connectivity index (χ0n) is 8.70. The van der Waals surface area contributed by atoms with Gasteiger partial charge in [-0.3, -0.25) is 19.8 Å². The van der Waals surface area contributed by atoms with Gasteiger partial charge in [-0.2, -0.15) is 11.8 Å². The fourth-order valence-corrected chi connectivity index (χ4v) is 3.42. The summed E-state index contributed by atoms with van der Waals surface area (Å²) >= 11 is 1.97. The Morgan fingerprint density at radius 2 is 2.00 bits per heavy atom. The van der Waals surface area contributed by atoms with Crippen LogP contribution in [0.5, 0.6) is 0 Å². The smallest absolute Gasteiger partial charge is 0.240 e. The molecule has 0 radical (unpaired) electrons. The van der Waals surface area contributed by atoms with Gasteiger partial charge in [-0.25, -0.2) is 0 Å². The quantitative estimate of drug-likeness (QED) is 0.687. The maximum Gasteiger partial charge on any atom is 0.240 e. The van der Waals surface area contributed by atoms with E-state index in [-0.39, 0.29) is 11.8 Å². The van der Waals surface area contributed by atoms with Crippen LogP contribution in [0.2, 0.25) is 0 Å². The van der Waals surface area contributed by atoms with Crippen molar-refractivity contribution in [1.82, 2.24) is 10.2 Å². The first-order chi connectivity index (χ1) is 7.24. The molecule has 0 aliphatic carbocycles. The molecule has 0 aromatic carbocycles. The van der Waals surface area contributed by atoms with Crippen LogP contribution < -0.4 is 5.32 Å². The predicted molar refractivity (Wildman–Crippen MR) is 59.7 cm³/mol. The fourth-order valence-electron chi connectivity index (χ4n) is 2.07. The molecule has 2 saturated heterocycles. The molecule has 0 aromatic heterocycles. The van der Waals surface area contributed by atoms with Crippen molar-refractivity contribution < 1.29 is 9.59 Å². The topological polar surface area (TPSA) is 49.4 Å². The molecular formula is C10H16N2O2S. The van der Waals surface area contributed by atoms with Crippen LogP contribution in [0, 0.1) is 0 Å². The van der Waals surface area contributed by atoms with Crippen LogP contribution in [-0.4, -0.2) is 47.4 Å². The van der Waals surface area contributed by atoms with Crippen LogP contribution >= 0.6 is 11.8 Å². The molecule has 0 saturated carbocycles. The van der Waals surface area contributed by atoms with Crippen molar-refractivity contribution in [3.63, 3.8) is 0 Å². The first kappa shape index (κ1) is 11.0. The number of nitrogens with zero attached hydrogens (tertiary/aromatic N) is 1. The Morgan fingerprint density at radius 3 is 2.60 bits per heavy atom. The molecule has 0 bridgehead atoms. The maximum absolute atomic E-state index is 11.1. The van der Waals surface area contributed by atoms with Gasteiger partial charge in [-0.1, -0.05) is 6.42 Å². The van der Waals surface area contributed by atoms with E-state index in [9.17, 15) is 9.59 Å². The van der Waals surface area contributed by atoms with Crippen molar-refractivity contribution in [2.24, 2.45) is 0 Å². The number of hydrogen-bond donors (Lipinski definition) is 1. The van der Waals surface area contributed by atoms with E-state index in [2.05, 4.69) is 5.32 Å². The molecule has 2 amide bonds. The number of rotatable bonds is 2. The number of amides is 2. The number of carbonyl (C=O) groups excluding carboxylic acids is 2. The second-order valence-corrected chi connectivity index (χ2v) is 5.54. The minimum Gasteiger partial charge on any atom is -0.294 e. The molecule has 2 fully saturated rings. The van der Waals surface area contributed by atoms with Gasteiger partial charge in [0, 0.05) is 11.8 Å². The largest absolute Gasteiger partial charge is 0.294 e. The van der Waals surface area contributed by atoms with E-state index in [1.165, 1.54) is 25.0 Å². The van der Waals surface area contributed by atoms with Crippen molar-refractivity contribution >= 4 is 23.6 Å². The van der Waals surface area contributed by atoms with E-state index in [1.807, 2.05) is 16.7 Å². The third-order valence-corrected chi connectivity index (χ3v) is 4.13. The van der Waals surface area contributed by atoms with E-state index in [1.54, 1.807) is 0 Å². The molecule has 84 valence electrons. The van der Waals surface area contributed by atoms with E-state index in [0.717, 1.165) is 6.54 Å². The number of imide groups is 1. The number of piperazine rings is 1. The van der Waals surface area contributed by atoms with Crippen molar-refractivity contribution in [3.8, 4) is 0 Å². The van der Waals surface area contributed by atoms with Crippen molar-refractivity contribution in [3.05, 3.63) is 0 Å². The third-order valence-electron chi connectivity index (χ3n) is 2.75. The summed E-state index contributed by atoms with van der Waals surface area (Å²) in [6, 6.07) is 0. The molecule has 1 N–H and O–H groups in total. The standard InChI is InChI=1S/C10H16N2O2S/c13-9-6-12(7-10(14)11-9)5-8-3-1-2-4-15-8/h8H,1-7H2,(H,11,13,14). The molecule has 4 nitrogen and oxygen atoms in total. The SMILES string of the molecule is O=C1CN(CC2CCCCS2)CC(=O)N1. The first-order valence-corrected chi connectivity index (χ1v) is 6.45. The summed E-state index contributed by atoms with van der Waals surface area (Å²) in [5.41, 5.74) is 0. The highest BCUT2D eigenvalue weighted by atomic mass is 32.2. The minimum atomic E-state index is -0.160. The van der Waals surface area contributed by atoms with Gasteiger partial charge < -0.3 is 0 Å². The van der Waals surface area contributed by atoms with E-state index < -0.39 is 0 Å². The van der Waals surface area contributed by atoms with Crippen LogP contribution in [0.1, 0.15) is 19.3 Å². The average molecular weight is 228 g/mol. The van der Waals surface area contributed by atoms with Gasteiger partial charge in [0.25, 0.3) is 0 Å². The highest BCUT2D eigenvalue weighted by molar-refractivity contribution is 7.99. The van der Waals surface area contributed by atoms with E-state index in [4.69, 9.17) is 0 Å². The highest BCUT2D eigenvalue weighted by Crippen LogP contribution is 2.25. The van der Waals surface area contributed by atoms with Crippen LogP contribution in [0.3, 0.4) is 0 Å². The minimum absolute atomic E-state index is 0.160. The van der Waals surface area contributed by atoms with Gasteiger partial charge in [0.2, 0.25) is 11.8 Å². The summed E-state index contributed by atoms with van der Waals surface area (Å²) < 4.78 is 0. The van der Waals surface area contributed by atoms with Crippen LogP contribution in [0.25, 0.3) is 0 Å². The zero-order chi connectivity index (χ0) is 10.7. The molecule has 15 heavy (non-hydrogen) atoms. The van der Waals surface area contributed by atoms with Crippen LogP contribution in [0.15, 0.2) is 0 Å². The van der Waals surface area contributed by atoms with Crippen LogP contribution in [0.4, 0.5) is 0 Å². The second kappa shape index (κ2) is 4.99. The molecule has 2 aliphatic heterocycles. The lowest BCUT2D eigenvalue weighted by atomic mass is 10.1. The van der Waals surface area contributed by atoms with Crippen molar-refractivity contribution in [1.29, 1.82) is 0 Å². The summed E-state index contributed by atoms with van der Waals surface area (Å²) in [6.07, 6.45) is 3.81. The molecule has 0 spiro atoms. The molecule has 1 atom stereocenters. The summed E-state index contributed by atoms with van der Waals surface area (Å²) in [5, 5.41) is 2.93. The average Bonchev–Trinajstić information content (AvgIpc) is 2.17. The number of carbonyl (C=O) groups is 2. The molecule has 2 heterocycles. The number of thioether (sulfide) groups is 1. The molecule has 2 aliphatic rings. The lowest BCUT2D eigenvalue weighted by Crippen LogP contribution is -2.52. The fraction of sp³-hybridized carbons (Fsp3) is 0.800. The Labute approximate surface area is 93.8 Å². The molecular weight excluding hydrogens is 212 g/mol. The molecule has 2 rings (SSSR count). The number of hydrogen-bond acceptors (Lipinski definition) is 4. The Morgan fingerprint density at radius 1 is 1.27 bits per heavy atom. The normalized spacial score (nSPS) is 28.9. The van der Waals surface area contributed by atoms with Crippen molar-refractivity contribution in [2.75, 3.05) is 25.4 Å². The lowest BCUT2D eigenvalue weighted by molar-refractivity contribution is -0.135. The summed E-state index contributed by atoms with van der Waals surface area (Å²) in [4.78, 5) is 24.3.